The summed E-state index contributed by atoms with van der Waals surface area (Å²) in [5.74, 6) is -4.22. The van der Waals surface area contributed by atoms with Gasteiger partial charge in [-0.15, -0.1) is 0 Å². The van der Waals surface area contributed by atoms with Crippen molar-refractivity contribution in [2.45, 2.75) is 75.9 Å². The topological polar surface area (TPSA) is 308 Å². The van der Waals surface area contributed by atoms with Crippen LogP contribution in [-0.4, -0.2) is 101 Å². The van der Waals surface area contributed by atoms with Crippen molar-refractivity contribution in [3.63, 3.8) is 0 Å². The molecule has 0 radical (unpaired) electrons. The molecule has 0 fully saturated rings. The van der Waals surface area contributed by atoms with E-state index in [1.54, 1.807) is 110 Å². The summed E-state index contributed by atoms with van der Waals surface area (Å²) in [6.45, 7) is 2.04. The Labute approximate surface area is 405 Å². The first-order valence-electron chi connectivity index (χ1n) is 22.6. The molecule has 0 aliphatic rings. The van der Waals surface area contributed by atoms with E-state index in [0.29, 0.717) is 17.5 Å². The number of carbonyl (C=O) groups excluding carboxylic acids is 7. The van der Waals surface area contributed by atoms with Crippen LogP contribution in [-0.2, 0) is 59.2 Å². The zero-order valence-corrected chi connectivity index (χ0v) is 38.8. The fraction of sp³-hybridized carbons (Fsp3) is 0.275. The van der Waals surface area contributed by atoms with Gasteiger partial charge < -0.3 is 58.9 Å². The third-order valence-electron chi connectivity index (χ3n) is 10.9. The Morgan fingerprint density at radius 3 is 1.27 bits per heavy atom. The number of anilines is 2. The fourth-order valence-corrected chi connectivity index (χ4v) is 7.10. The normalized spacial score (nSPS) is 13.4. The molecular formula is C51H60N10O9. The van der Waals surface area contributed by atoms with Gasteiger partial charge in [0.1, 0.15) is 29.6 Å². The number of aromatic hydroxyl groups is 2. The lowest BCUT2D eigenvalue weighted by Crippen LogP contribution is -2.53. The maximum absolute atomic E-state index is 14.0. The Kier molecular flexibility index (Phi) is 19.9. The average molecular weight is 957 g/mol. The zero-order valence-electron chi connectivity index (χ0n) is 38.8. The number of benzene rings is 5. The van der Waals surface area contributed by atoms with Crippen LogP contribution in [0.15, 0.2) is 133 Å². The highest BCUT2D eigenvalue weighted by Gasteiger charge is 2.27. The predicted molar refractivity (Wildman–Crippen MR) is 264 cm³/mol. The van der Waals surface area contributed by atoms with Gasteiger partial charge in [-0.05, 0) is 78.9 Å². The predicted octanol–water partition coefficient (Wildman–Crippen LogP) is 1.24. The van der Waals surface area contributed by atoms with E-state index in [4.69, 9.17) is 11.5 Å². The number of hydrogen-bond acceptors (Lipinski definition) is 12. The Hall–Kier alpha value is -8.13. The van der Waals surface area contributed by atoms with E-state index in [-0.39, 0.29) is 42.1 Å². The molecule has 0 saturated heterocycles. The molecule has 19 heteroatoms. The molecule has 0 aliphatic carbocycles. The molecule has 0 heterocycles. The van der Waals surface area contributed by atoms with Gasteiger partial charge in [0.05, 0.1) is 42.7 Å². The molecule has 70 heavy (non-hydrogen) atoms. The number of carbonyl (C=O) groups is 7. The number of nitrogens with two attached hydrogens (primary N) is 2. The SMILES string of the molecule is C[C@H](N[C@@H](N)Cc1ccc(O)cc1)C(=O)NCC(=O)N[C@H](Cc1ccccc1)C(=O)Nc1ccccc1NC(=O)[C@H](Cc1ccccc1)NC(=O)CNC(=O)[C@@H](C)NC(=O)[C@@H](N)Cc1ccc(O)cc1. The second-order valence-corrected chi connectivity index (χ2v) is 16.7. The van der Waals surface area contributed by atoms with Crippen molar-refractivity contribution in [2.24, 2.45) is 11.5 Å². The lowest BCUT2D eigenvalue weighted by atomic mass is 10.0. The van der Waals surface area contributed by atoms with Crippen molar-refractivity contribution in [1.29, 1.82) is 0 Å². The van der Waals surface area contributed by atoms with Crippen molar-refractivity contribution in [3.8, 4) is 11.5 Å². The number of phenols is 2. The van der Waals surface area contributed by atoms with Gasteiger partial charge in [0.2, 0.25) is 41.4 Å². The first-order valence-corrected chi connectivity index (χ1v) is 22.6. The van der Waals surface area contributed by atoms with E-state index >= 15 is 0 Å². The van der Waals surface area contributed by atoms with Crippen LogP contribution in [0, 0.1) is 0 Å². The summed E-state index contributed by atoms with van der Waals surface area (Å²) < 4.78 is 0. The monoisotopic (exact) mass is 956 g/mol. The molecule has 7 amide bonds. The summed E-state index contributed by atoms with van der Waals surface area (Å²) >= 11 is 0. The van der Waals surface area contributed by atoms with E-state index < -0.39 is 90.8 Å². The lowest BCUT2D eigenvalue weighted by Gasteiger charge is -2.22. The second kappa shape index (κ2) is 26.4. The number of nitrogens with one attached hydrogen (secondary N) is 8. The van der Waals surface area contributed by atoms with Gasteiger partial charge >= 0.3 is 0 Å². The lowest BCUT2D eigenvalue weighted by molar-refractivity contribution is -0.131. The smallest absolute Gasteiger partial charge is 0.247 e. The van der Waals surface area contributed by atoms with Crippen LogP contribution in [0.1, 0.15) is 36.1 Å². The van der Waals surface area contributed by atoms with Crippen LogP contribution >= 0.6 is 0 Å². The number of phenolic OH excluding ortho intramolecular Hbond substituents is 2. The van der Waals surface area contributed by atoms with Gasteiger partial charge in [-0.2, -0.15) is 0 Å². The fourth-order valence-electron chi connectivity index (χ4n) is 7.10. The molecule has 5 aromatic carbocycles. The van der Waals surface area contributed by atoms with Crippen LogP contribution in [0.2, 0.25) is 0 Å². The molecule has 6 atom stereocenters. The molecular weight excluding hydrogens is 897 g/mol. The summed E-state index contributed by atoms with van der Waals surface area (Å²) in [4.78, 5) is 93.2. The van der Waals surface area contributed by atoms with Crippen molar-refractivity contribution in [1.82, 2.24) is 31.9 Å². The maximum atomic E-state index is 14.0. The third-order valence-corrected chi connectivity index (χ3v) is 10.9. The van der Waals surface area contributed by atoms with E-state index in [1.807, 2.05) is 6.07 Å². The molecule has 0 aromatic heterocycles. The minimum atomic E-state index is -1.17. The quantitative estimate of drug-likeness (QED) is 0.0389. The number of amides is 7. The third kappa shape index (κ3) is 17.5. The molecule has 0 spiro atoms. The number of para-hydroxylation sites is 2. The van der Waals surface area contributed by atoms with Gasteiger partial charge in [0.25, 0.3) is 0 Å². The van der Waals surface area contributed by atoms with Crippen molar-refractivity contribution in [2.75, 3.05) is 23.7 Å². The molecule has 0 saturated carbocycles. The molecule has 0 aliphatic heterocycles. The average Bonchev–Trinajstić information content (AvgIpc) is 3.34. The largest absolute Gasteiger partial charge is 0.508 e. The molecule has 0 bridgehead atoms. The van der Waals surface area contributed by atoms with E-state index in [0.717, 1.165) is 11.1 Å². The standard InChI is InChI=1S/C51H60N10O9/c1-31(56-44(53)28-36-19-23-38(63)24-20-36)47(66)54-29-45(64)58-42(26-33-11-5-3-6-12-33)50(69)60-40-15-9-10-16-41(40)61-51(70)43(27-34-13-7-4-8-14-34)59-46(65)30-55-48(67)32(2)57-49(68)39(52)25-35-17-21-37(62)22-18-35/h3-24,31-32,39,42-44,56,62-63H,25-30,52-53H2,1-2H3,(H,54,66)(H,55,67)(H,57,68)(H,58,64)(H,59,65)(H,60,69)(H,61,70)/t31-,32+,39-,42+,43-,44+/m0/s1. The number of hydrogen-bond donors (Lipinski definition) is 12. The Bertz CT molecular complexity index is 2550. The van der Waals surface area contributed by atoms with Crippen molar-refractivity contribution >= 4 is 52.7 Å². The van der Waals surface area contributed by atoms with Crippen LogP contribution < -0.4 is 54.0 Å². The Balaban J connectivity index is 1.18. The van der Waals surface area contributed by atoms with Gasteiger partial charge in [0.15, 0.2) is 0 Å². The Morgan fingerprint density at radius 2 is 0.829 bits per heavy atom. The van der Waals surface area contributed by atoms with Crippen LogP contribution in [0.3, 0.4) is 0 Å². The van der Waals surface area contributed by atoms with Crippen LogP contribution in [0.25, 0.3) is 0 Å². The zero-order chi connectivity index (χ0) is 50.6. The minimum absolute atomic E-state index is 0.0510. The molecule has 5 aromatic rings. The number of rotatable bonds is 24. The van der Waals surface area contributed by atoms with Crippen LogP contribution in [0.5, 0.6) is 11.5 Å². The highest BCUT2D eigenvalue weighted by atomic mass is 16.3. The molecule has 14 N–H and O–H groups in total. The van der Waals surface area contributed by atoms with Crippen molar-refractivity contribution < 1.29 is 43.8 Å². The summed E-state index contributed by atoms with van der Waals surface area (Å²) in [6, 6.07) is 31.8. The Morgan fingerprint density at radius 1 is 0.443 bits per heavy atom. The highest BCUT2D eigenvalue weighted by Crippen LogP contribution is 2.22. The van der Waals surface area contributed by atoms with E-state index in [2.05, 4.69) is 42.5 Å². The molecule has 0 unspecified atom stereocenters. The summed E-state index contributed by atoms with van der Waals surface area (Å²) in [6.07, 6.45) is 0.0514. The van der Waals surface area contributed by atoms with E-state index in [1.165, 1.54) is 31.2 Å². The van der Waals surface area contributed by atoms with Crippen molar-refractivity contribution in [3.05, 3.63) is 156 Å². The molecule has 19 nitrogen and oxygen atoms in total. The van der Waals surface area contributed by atoms with Gasteiger partial charge in [-0.1, -0.05) is 97.1 Å². The first kappa shape index (κ1) is 52.8. The van der Waals surface area contributed by atoms with E-state index in [9.17, 15) is 43.8 Å². The summed E-state index contributed by atoms with van der Waals surface area (Å²) in [5, 5.41) is 40.6. The highest BCUT2D eigenvalue weighted by molar-refractivity contribution is 6.04. The van der Waals surface area contributed by atoms with Gasteiger partial charge in [-0.25, -0.2) is 0 Å². The maximum Gasteiger partial charge on any atom is 0.247 e. The van der Waals surface area contributed by atoms with Gasteiger partial charge in [-0.3, -0.25) is 38.9 Å². The summed E-state index contributed by atoms with van der Waals surface area (Å²) in [5.41, 5.74) is 15.6. The first-order chi connectivity index (χ1) is 33.5. The molecule has 368 valence electrons. The molecule has 5 rings (SSSR count). The minimum Gasteiger partial charge on any atom is -0.508 e. The summed E-state index contributed by atoms with van der Waals surface area (Å²) in [7, 11) is 0. The second-order valence-electron chi connectivity index (χ2n) is 16.7. The van der Waals surface area contributed by atoms with Gasteiger partial charge in [0, 0.05) is 19.3 Å². The van der Waals surface area contributed by atoms with Crippen LogP contribution in [0.4, 0.5) is 11.4 Å².